The van der Waals surface area contributed by atoms with E-state index < -0.39 is 18.0 Å². The lowest BCUT2D eigenvalue weighted by Crippen LogP contribution is -2.30. The van der Waals surface area contributed by atoms with E-state index in [4.69, 9.17) is 4.74 Å². The Balaban J connectivity index is 1.64. The van der Waals surface area contributed by atoms with Crippen molar-refractivity contribution < 1.29 is 14.3 Å². The van der Waals surface area contributed by atoms with E-state index in [9.17, 15) is 9.59 Å². The minimum atomic E-state index is -0.964. The summed E-state index contributed by atoms with van der Waals surface area (Å²) in [4.78, 5) is 25.9. The van der Waals surface area contributed by atoms with Gasteiger partial charge < -0.3 is 10.1 Å². The van der Waals surface area contributed by atoms with Gasteiger partial charge in [-0.2, -0.15) is 5.10 Å². The zero-order valence-electron chi connectivity index (χ0n) is 17.4. The van der Waals surface area contributed by atoms with E-state index in [-0.39, 0.29) is 0 Å². The van der Waals surface area contributed by atoms with Crippen molar-refractivity contribution in [2.24, 2.45) is 7.05 Å². The Morgan fingerprint density at radius 3 is 2.10 bits per heavy atom. The van der Waals surface area contributed by atoms with Gasteiger partial charge in [0, 0.05) is 7.05 Å². The quantitative estimate of drug-likeness (QED) is 0.403. The number of esters is 1. The number of anilines is 1. The molecule has 0 radical (unpaired) electrons. The van der Waals surface area contributed by atoms with E-state index in [1.807, 2.05) is 75.5 Å². The highest BCUT2D eigenvalue weighted by molar-refractivity contribution is 6.17. The molecule has 30 heavy (non-hydrogen) atoms. The summed E-state index contributed by atoms with van der Waals surface area (Å²) in [6.45, 7) is 5.26. The lowest BCUT2D eigenvalue weighted by Gasteiger charge is -2.16. The van der Waals surface area contributed by atoms with Gasteiger partial charge in [-0.3, -0.25) is 9.48 Å². The van der Waals surface area contributed by atoms with Crippen LogP contribution in [-0.4, -0.2) is 27.8 Å². The molecule has 0 spiro atoms. The summed E-state index contributed by atoms with van der Waals surface area (Å²) >= 11 is 0. The Bertz CT molecular complexity index is 1240. The van der Waals surface area contributed by atoms with Crippen LogP contribution in [0, 0.1) is 13.8 Å². The van der Waals surface area contributed by atoms with E-state index in [0.29, 0.717) is 16.9 Å². The van der Waals surface area contributed by atoms with Crippen LogP contribution in [0.1, 0.15) is 28.7 Å². The predicted octanol–water partition coefficient (Wildman–Crippen LogP) is 4.53. The van der Waals surface area contributed by atoms with Crippen molar-refractivity contribution >= 4 is 39.1 Å². The molecule has 4 aromatic rings. The van der Waals surface area contributed by atoms with E-state index in [2.05, 4.69) is 10.4 Å². The second-order valence-corrected chi connectivity index (χ2v) is 7.40. The molecule has 0 aliphatic heterocycles. The fraction of sp³-hybridized carbons (Fsp3) is 0.208. The van der Waals surface area contributed by atoms with Gasteiger partial charge >= 0.3 is 5.97 Å². The van der Waals surface area contributed by atoms with Gasteiger partial charge in [-0.15, -0.1) is 0 Å². The van der Waals surface area contributed by atoms with Crippen molar-refractivity contribution in [3.63, 3.8) is 0 Å². The number of ether oxygens (including phenoxy) is 1. The average Bonchev–Trinajstić information content (AvgIpc) is 2.97. The Morgan fingerprint density at radius 1 is 1.00 bits per heavy atom. The molecule has 1 N–H and O–H groups in total. The first-order valence-electron chi connectivity index (χ1n) is 9.79. The van der Waals surface area contributed by atoms with Crippen molar-refractivity contribution in [3.8, 4) is 0 Å². The number of hydrogen-bond acceptors (Lipinski definition) is 4. The SMILES string of the molecule is Cc1nn(C)c(C)c1NC(=O)[C@H](C)OC(=O)c1c2ccccc2cc2ccccc12. The number of aromatic nitrogens is 2. The molecule has 6 heteroatoms. The van der Waals surface area contributed by atoms with Crippen molar-refractivity contribution in [1.29, 1.82) is 0 Å². The molecular weight excluding hydrogens is 378 g/mol. The van der Waals surface area contributed by atoms with Gasteiger partial charge in [0.25, 0.3) is 5.91 Å². The Morgan fingerprint density at radius 2 is 1.57 bits per heavy atom. The van der Waals surface area contributed by atoms with Gasteiger partial charge in [0.2, 0.25) is 0 Å². The normalized spacial score (nSPS) is 12.1. The molecule has 1 amide bonds. The number of aryl methyl sites for hydroxylation is 2. The summed E-state index contributed by atoms with van der Waals surface area (Å²) in [5.74, 6) is -0.919. The molecule has 0 saturated carbocycles. The first-order valence-corrected chi connectivity index (χ1v) is 9.79. The monoisotopic (exact) mass is 401 g/mol. The van der Waals surface area contributed by atoms with Crippen molar-refractivity contribution in [2.45, 2.75) is 26.9 Å². The van der Waals surface area contributed by atoms with Crippen LogP contribution in [0.5, 0.6) is 0 Å². The van der Waals surface area contributed by atoms with Crippen LogP contribution in [0.4, 0.5) is 5.69 Å². The minimum absolute atomic E-state index is 0.396. The van der Waals surface area contributed by atoms with Crippen molar-refractivity contribution in [3.05, 3.63) is 71.5 Å². The molecule has 1 heterocycles. The average molecular weight is 401 g/mol. The first kappa shape index (κ1) is 19.6. The highest BCUT2D eigenvalue weighted by Crippen LogP contribution is 2.29. The molecule has 0 bridgehead atoms. The predicted molar refractivity (Wildman–Crippen MR) is 118 cm³/mol. The maximum atomic E-state index is 13.2. The zero-order chi connectivity index (χ0) is 21.4. The highest BCUT2D eigenvalue weighted by atomic mass is 16.5. The number of carbonyl (C=O) groups excluding carboxylic acids is 2. The Labute approximate surface area is 174 Å². The largest absolute Gasteiger partial charge is 0.449 e. The van der Waals surface area contributed by atoms with Gasteiger partial charge in [-0.25, -0.2) is 4.79 Å². The van der Waals surface area contributed by atoms with Gasteiger partial charge in [-0.1, -0.05) is 48.5 Å². The molecule has 0 unspecified atom stereocenters. The van der Waals surface area contributed by atoms with Gasteiger partial charge in [0.1, 0.15) is 0 Å². The van der Waals surface area contributed by atoms with E-state index in [0.717, 1.165) is 27.2 Å². The molecule has 6 nitrogen and oxygen atoms in total. The van der Waals surface area contributed by atoms with E-state index in [1.54, 1.807) is 11.6 Å². The lowest BCUT2D eigenvalue weighted by atomic mass is 9.97. The summed E-state index contributed by atoms with van der Waals surface area (Å²) < 4.78 is 7.29. The summed E-state index contributed by atoms with van der Waals surface area (Å²) in [6.07, 6.45) is -0.964. The third-order valence-corrected chi connectivity index (χ3v) is 5.39. The summed E-state index contributed by atoms with van der Waals surface area (Å²) in [7, 11) is 1.81. The Hall–Kier alpha value is -3.67. The number of nitrogens with one attached hydrogen (secondary N) is 1. The number of rotatable bonds is 4. The first-order chi connectivity index (χ1) is 14.4. The summed E-state index contributed by atoms with van der Waals surface area (Å²) in [5.41, 5.74) is 2.65. The molecule has 0 saturated heterocycles. The second-order valence-electron chi connectivity index (χ2n) is 7.40. The van der Waals surface area contributed by atoms with Crippen LogP contribution < -0.4 is 5.32 Å². The molecule has 3 aromatic carbocycles. The third-order valence-electron chi connectivity index (χ3n) is 5.39. The van der Waals surface area contributed by atoms with E-state index >= 15 is 0 Å². The van der Waals surface area contributed by atoms with Crippen LogP contribution >= 0.6 is 0 Å². The van der Waals surface area contributed by atoms with Crippen LogP contribution in [0.3, 0.4) is 0 Å². The van der Waals surface area contributed by atoms with Gasteiger partial charge in [-0.05, 0) is 48.4 Å². The van der Waals surface area contributed by atoms with Crippen LogP contribution in [0.25, 0.3) is 21.5 Å². The molecular formula is C24H23N3O3. The standard InChI is InChI=1S/C24H23N3O3/c1-14-22(15(2)27(4)26-14)25-23(28)16(3)30-24(29)21-19-11-7-5-9-17(19)13-18-10-6-8-12-20(18)21/h5-13,16H,1-4H3,(H,25,28)/t16-/m0/s1. The van der Waals surface area contributed by atoms with Gasteiger partial charge in [0.15, 0.2) is 6.10 Å². The highest BCUT2D eigenvalue weighted by Gasteiger charge is 2.24. The molecule has 0 aliphatic carbocycles. The lowest BCUT2D eigenvalue weighted by molar-refractivity contribution is -0.123. The zero-order valence-corrected chi connectivity index (χ0v) is 17.4. The maximum absolute atomic E-state index is 13.2. The number of nitrogens with zero attached hydrogens (tertiary/aromatic N) is 2. The number of benzene rings is 3. The van der Waals surface area contributed by atoms with Crippen molar-refractivity contribution in [1.82, 2.24) is 9.78 Å². The maximum Gasteiger partial charge on any atom is 0.340 e. The van der Waals surface area contributed by atoms with Crippen LogP contribution in [-0.2, 0) is 16.6 Å². The molecule has 0 fully saturated rings. The van der Waals surface area contributed by atoms with Crippen LogP contribution in [0.2, 0.25) is 0 Å². The minimum Gasteiger partial charge on any atom is -0.449 e. The summed E-state index contributed by atoms with van der Waals surface area (Å²) in [5, 5.41) is 10.6. The fourth-order valence-corrected chi connectivity index (χ4v) is 3.69. The smallest absolute Gasteiger partial charge is 0.340 e. The molecule has 0 aliphatic rings. The van der Waals surface area contributed by atoms with Gasteiger partial charge in [0.05, 0.1) is 22.6 Å². The fourth-order valence-electron chi connectivity index (χ4n) is 3.69. The Kier molecular flexibility index (Phi) is 4.99. The number of carbonyl (C=O) groups is 2. The molecule has 1 atom stereocenters. The summed E-state index contributed by atoms with van der Waals surface area (Å²) in [6, 6.07) is 17.4. The van der Waals surface area contributed by atoms with E-state index in [1.165, 1.54) is 0 Å². The van der Waals surface area contributed by atoms with Crippen molar-refractivity contribution in [2.75, 3.05) is 5.32 Å². The third kappa shape index (κ3) is 3.41. The number of fused-ring (bicyclic) bond motifs is 2. The second kappa shape index (κ2) is 7.63. The number of hydrogen-bond donors (Lipinski definition) is 1. The van der Waals surface area contributed by atoms with Crippen LogP contribution in [0.15, 0.2) is 54.6 Å². The molecule has 4 rings (SSSR count). The molecule has 1 aromatic heterocycles. The topological polar surface area (TPSA) is 73.2 Å². The molecule has 152 valence electrons. The number of amides is 1.